The number of carbonyl (C=O) groups is 2. The van der Waals surface area contributed by atoms with Crippen molar-refractivity contribution in [2.75, 3.05) is 19.6 Å². The van der Waals surface area contributed by atoms with Crippen LogP contribution in [0.3, 0.4) is 0 Å². The van der Waals surface area contributed by atoms with Crippen LogP contribution in [0.4, 0.5) is 0 Å². The Morgan fingerprint density at radius 1 is 1.28 bits per heavy atom. The average Bonchev–Trinajstić information content (AvgIpc) is 2.39. The molecule has 1 fully saturated rings. The lowest BCUT2D eigenvalue weighted by atomic mass is 10.0. The highest BCUT2D eigenvalue weighted by Crippen LogP contribution is 2.12. The van der Waals surface area contributed by atoms with E-state index in [4.69, 9.17) is 5.73 Å². The summed E-state index contributed by atoms with van der Waals surface area (Å²) in [5.41, 5.74) is 5.41. The number of rotatable bonds is 6. The first kappa shape index (κ1) is 15.0. The fraction of sp³-hybridized carbons (Fsp3) is 0.846. The van der Waals surface area contributed by atoms with Gasteiger partial charge in [-0.05, 0) is 32.2 Å². The summed E-state index contributed by atoms with van der Waals surface area (Å²) in [6, 6.07) is 0.241. The maximum Gasteiger partial charge on any atom is 0.222 e. The molecule has 1 rings (SSSR count). The van der Waals surface area contributed by atoms with Crippen LogP contribution in [0.15, 0.2) is 0 Å². The van der Waals surface area contributed by atoms with Crippen LogP contribution in [0.1, 0.15) is 45.4 Å². The summed E-state index contributed by atoms with van der Waals surface area (Å²) in [4.78, 5) is 25.0. The van der Waals surface area contributed by atoms with Gasteiger partial charge in [-0.1, -0.05) is 6.92 Å². The van der Waals surface area contributed by atoms with Crippen molar-refractivity contribution in [2.24, 2.45) is 5.73 Å². The van der Waals surface area contributed by atoms with E-state index in [9.17, 15) is 9.59 Å². The number of nitrogens with two attached hydrogens (primary N) is 1. The van der Waals surface area contributed by atoms with E-state index in [1.54, 1.807) is 0 Å². The lowest BCUT2D eigenvalue weighted by Gasteiger charge is -2.32. The number of hydrogen-bond acceptors (Lipinski definition) is 3. The van der Waals surface area contributed by atoms with Crippen molar-refractivity contribution >= 4 is 11.8 Å². The summed E-state index contributed by atoms with van der Waals surface area (Å²) >= 11 is 0. The second-order valence-electron chi connectivity index (χ2n) is 4.82. The fourth-order valence-corrected chi connectivity index (χ4v) is 2.18. The number of hydrogen-bond donors (Lipinski definition) is 2. The van der Waals surface area contributed by atoms with Crippen LogP contribution < -0.4 is 11.1 Å². The number of nitrogens with zero attached hydrogens (tertiary/aromatic N) is 1. The predicted molar refractivity (Wildman–Crippen MR) is 70.9 cm³/mol. The van der Waals surface area contributed by atoms with Gasteiger partial charge in [0.1, 0.15) is 0 Å². The van der Waals surface area contributed by atoms with Gasteiger partial charge in [0.05, 0.1) is 0 Å². The van der Waals surface area contributed by atoms with E-state index in [1.807, 2.05) is 11.8 Å². The molecule has 0 aliphatic carbocycles. The van der Waals surface area contributed by atoms with Gasteiger partial charge < -0.3 is 16.0 Å². The Labute approximate surface area is 109 Å². The van der Waals surface area contributed by atoms with E-state index in [0.29, 0.717) is 19.4 Å². The fourth-order valence-electron chi connectivity index (χ4n) is 2.18. The van der Waals surface area contributed by atoms with Crippen molar-refractivity contribution in [1.29, 1.82) is 0 Å². The third-order valence-electron chi connectivity index (χ3n) is 3.38. The molecule has 0 spiro atoms. The summed E-state index contributed by atoms with van der Waals surface area (Å²) in [6.45, 7) is 4.02. The van der Waals surface area contributed by atoms with Crippen molar-refractivity contribution in [3.63, 3.8) is 0 Å². The number of amides is 2. The Morgan fingerprint density at radius 3 is 2.50 bits per heavy atom. The van der Waals surface area contributed by atoms with Crippen LogP contribution in [-0.4, -0.2) is 42.4 Å². The topological polar surface area (TPSA) is 75.4 Å². The number of nitrogens with one attached hydrogen (secondary N) is 1. The maximum atomic E-state index is 11.9. The van der Waals surface area contributed by atoms with Gasteiger partial charge in [0.2, 0.25) is 11.8 Å². The van der Waals surface area contributed by atoms with Gasteiger partial charge >= 0.3 is 0 Å². The predicted octanol–water partition coefficient (Wildman–Crippen LogP) is 0.633. The Morgan fingerprint density at radius 2 is 1.94 bits per heavy atom. The lowest BCUT2D eigenvalue weighted by molar-refractivity contribution is -0.132. The standard InChI is InChI=1S/C13H25N3O2/c1-2-12(17)15-11-6-9-16(10-7-11)13(18)5-3-4-8-14/h11H,2-10,14H2,1H3,(H,15,17). The third-order valence-corrected chi connectivity index (χ3v) is 3.38. The largest absolute Gasteiger partial charge is 0.353 e. The molecule has 0 radical (unpaired) electrons. The third kappa shape index (κ3) is 5.04. The molecule has 1 aliphatic rings. The monoisotopic (exact) mass is 255 g/mol. The highest BCUT2D eigenvalue weighted by molar-refractivity contribution is 5.77. The molecule has 3 N–H and O–H groups in total. The summed E-state index contributed by atoms with van der Waals surface area (Å²) in [7, 11) is 0. The van der Waals surface area contributed by atoms with Gasteiger partial charge in [-0.15, -0.1) is 0 Å². The van der Waals surface area contributed by atoms with Crippen molar-refractivity contribution < 1.29 is 9.59 Å². The van der Waals surface area contributed by atoms with Crippen LogP contribution in [0.2, 0.25) is 0 Å². The number of piperidine rings is 1. The molecule has 1 aliphatic heterocycles. The molecule has 0 atom stereocenters. The summed E-state index contributed by atoms with van der Waals surface area (Å²) < 4.78 is 0. The number of carbonyl (C=O) groups excluding carboxylic acids is 2. The molecule has 0 unspecified atom stereocenters. The molecular formula is C13H25N3O2. The minimum atomic E-state index is 0.0997. The Hall–Kier alpha value is -1.10. The van der Waals surface area contributed by atoms with Crippen molar-refractivity contribution in [3.05, 3.63) is 0 Å². The Balaban J connectivity index is 2.22. The second kappa shape index (κ2) is 8.08. The van der Waals surface area contributed by atoms with Gasteiger partial charge in [0.25, 0.3) is 0 Å². The number of unbranched alkanes of at least 4 members (excludes halogenated alkanes) is 1. The minimum Gasteiger partial charge on any atom is -0.353 e. The minimum absolute atomic E-state index is 0.0997. The molecule has 0 saturated carbocycles. The first-order chi connectivity index (χ1) is 8.67. The molecule has 5 nitrogen and oxygen atoms in total. The first-order valence-electron chi connectivity index (χ1n) is 6.94. The normalized spacial score (nSPS) is 16.7. The number of likely N-dealkylation sites (tertiary alicyclic amines) is 1. The molecular weight excluding hydrogens is 230 g/mol. The van der Waals surface area contributed by atoms with Gasteiger partial charge in [-0.3, -0.25) is 9.59 Å². The van der Waals surface area contributed by atoms with Gasteiger partial charge in [0.15, 0.2) is 0 Å². The lowest BCUT2D eigenvalue weighted by Crippen LogP contribution is -2.46. The zero-order valence-corrected chi connectivity index (χ0v) is 11.3. The molecule has 0 aromatic heterocycles. The summed E-state index contributed by atoms with van der Waals surface area (Å²) in [5.74, 6) is 0.325. The maximum absolute atomic E-state index is 11.9. The molecule has 2 amide bonds. The van der Waals surface area contributed by atoms with Crippen LogP contribution in [0.5, 0.6) is 0 Å². The molecule has 5 heteroatoms. The molecule has 1 saturated heterocycles. The molecule has 18 heavy (non-hydrogen) atoms. The highest BCUT2D eigenvalue weighted by Gasteiger charge is 2.22. The van der Waals surface area contributed by atoms with Crippen molar-refractivity contribution in [1.82, 2.24) is 10.2 Å². The first-order valence-corrected chi connectivity index (χ1v) is 6.94. The smallest absolute Gasteiger partial charge is 0.222 e. The van der Waals surface area contributed by atoms with Crippen LogP contribution in [-0.2, 0) is 9.59 Å². The summed E-state index contributed by atoms with van der Waals surface area (Å²) in [6.07, 6.45) is 4.65. The van der Waals surface area contributed by atoms with E-state index < -0.39 is 0 Å². The SMILES string of the molecule is CCC(=O)NC1CCN(C(=O)CCCCN)CC1. The Kier molecular flexibility index (Phi) is 6.72. The van der Waals surface area contributed by atoms with E-state index >= 15 is 0 Å². The van der Waals surface area contributed by atoms with Crippen molar-refractivity contribution in [3.8, 4) is 0 Å². The van der Waals surface area contributed by atoms with Gasteiger partial charge in [-0.25, -0.2) is 0 Å². The van der Waals surface area contributed by atoms with E-state index in [1.165, 1.54) is 0 Å². The molecule has 0 aromatic carbocycles. The van der Waals surface area contributed by atoms with Crippen molar-refractivity contribution in [2.45, 2.75) is 51.5 Å². The Bertz CT molecular complexity index is 273. The molecule has 104 valence electrons. The zero-order chi connectivity index (χ0) is 13.4. The zero-order valence-electron chi connectivity index (χ0n) is 11.3. The average molecular weight is 255 g/mol. The van der Waals surface area contributed by atoms with E-state index in [2.05, 4.69) is 5.32 Å². The van der Waals surface area contributed by atoms with Gasteiger partial charge in [-0.2, -0.15) is 0 Å². The second-order valence-corrected chi connectivity index (χ2v) is 4.82. The summed E-state index contributed by atoms with van der Waals surface area (Å²) in [5, 5.41) is 2.99. The highest BCUT2D eigenvalue weighted by atomic mass is 16.2. The van der Waals surface area contributed by atoms with Crippen LogP contribution in [0, 0.1) is 0 Å². The van der Waals surface area contributed by atoms with E-state index in [0.717, 1.165) is 38.8 Å². The molecule has 0 bridgehead atoms. The van der Waals surface area contributed by atoms with Gasteiger partial charge in [0, 0.05) is 32.0 Å². The van der Waals surface area contributed by atoms with E-state index in [-0.39, 0.29) is 17.9 Å². The molecule has 1 heterocycles. The van der Waals surface area contributed by atoms with Crippen LogP contribution >= 0.6 is 0 Å². The molecule has 0 aromatic rings. The quantitative estimate of drug-likeness (QED) is 0.684. The van der Waals surface area contributed by atoms with Crippen LogP contribution in [0.25, 0.3) is 0 Å².